The number of H-pyrrole nitrogens is 1. The van der Waals surface area contributed by atoms with E-state index in [9.17, 15) is 19.8 Å². The van der Waals surface area contributed by atoms with Crippen molar-refractivity contribution in [2.75, 3.05) is 6.61 Å². The topological polar surface area (TPSA) is 133 Å². The molecule has 0 unspecified atom stereocenters. The third-order valence-corrected chi connectivity index (χ3v) is 2.62. The monoisotopic (exact) mass is 245 g/mol. The summed E-state index contributed by atoms with van der Waals surface area (Å²) in [6.45, 7) is -0.497. The Hall–Kier alpha value is -1.48. The summed E-state index contributed by atoms with van der Waals surface area (Å²) in [6.07, 6.45) is -3.95. The molecule has 2 heterocycles. The maximum absolute atomic E-state index is 11.4. The van der Waals surface area contributed by atoms with Crippen molar-refractivity contribution in [3.63, 3.8) is 0 Å². The first-order valence-corrected chi connectivity index (χ1v) is 4.89. The Kier molecular flexibility index (Phi) is 3.11. The van der Waals surface area contributed by atoms with Crippen molar-refractivity contribution >= 4 is 0 Å². The van der Waals surface area contributed by atoms with Crippen LogP contribution in [0.15, 0.2) is 20.3 Å². The molecule has 0 amide bonds. The van der Waals surface area contributed by atoms with Crippen molar-refractivity contribution < 1.29 is 24.5 Å². The van der Waals surface area contributed by atoms with E-state index in [0.29, 0.717) is 0 Å². The highest BCUT2D eigenvalue weighted by atomic mass is 16.6. The Morgan fingerprint density at radius 2 is 2.00 bits per heavy atom. The summed E-state index contributed by atoms with van der Waals surface area (Å²) in [6, 6.07) is 0. The molecular weight excluding hydrogens is 234 g/mol. The van der Waals surface area contributed by atoms with Crippen molar-refractivity contribution in [2.24, 2.45) is 0 Å². The molecule has 1 saturated heterocycles. The molecule has 1 aromatic heterocycles. The summed E-state index contributed by atoms with van der Waals surface area (Å²) in [5, 5.41) is 28.0. The Morgan fingerprint density at radius 1 is 1.29 bits per heavy atom. The molecule has 94 valence electrons. The number of aliphatic hydroxyl groups is 3. The van der Waals surface area contributed by atoms with Gasteiger partial charge in [0.25, 0.3) is 5.56 Å². The van der Waals surface area contributed by atoms with Gasteiger partial charge in [0.05, 0.1) is 12.2 Å². The van der Waals surface area contributed by atoms with E-state index >= 15 is 0 Å². The average molecular weight is 245 g/mol. The number of hydrogen-bond acceptors (Lipinski definition) is 7. The van der Waals surface area contributed by atoms with Crippen LogP contribution in [-0.2, 0) is 4.74 Å². The van der Waals surface area contributed by atoms with Crippen molar-refractivity contribution in [1.82, 2.24) is 4.98 Å². The number of rotatable bonds is 2. The molecule has 0 aromatic carbocycles. The van der Waals surface area contributed by atoms with Crippen molar-refractivity contribution in [3.05, 3.63) is 32.7 Å². The van der Waals surface area contributed by atoms with Crippen LogP contribution in [0.1, 0.15) is 11.7 Å². The van der Waals surface area contributed by atoms with Gasteiger partial charge in [0.1, 0.15) is 30.7 Å². The highest BCUT2D eigenvalue weighted by Gasteiger charge is 2.44. The van der Waals surface area contributed by atoms with E-state index in [4.69, 9.17) is 9.84 Å². The molecule has 1 aliphatic heterocycles. The molecule has 17 heavy (non-hydrogen) atoms. The molecular formula is C9H11NO7. The molecule has 1 fully saturated rings. The molecule has 0 radical (unpaired) electrons. The summed E-state index contributed by atoms with van der Waals surface area (Å²) in [5.74, 6) is -0.925. The molecule has 1 aliphatic rings. The predicted octanol–water partition coefficient (Wildman–Crippen LogP) is -2.52. The van der Waals surface area contributed by atoms with E-state index < -0.39 is 42.3 Å². The van der Waals surface area contributed by atoms with Gasteiger partial charge in [-0.1, -0.05) is 0 Å². The Labute approximate surface area is 94.1 Å². The highest BCUT2D eigenvalue weighted by Crippen LogP contribution is 2.31. The van der Waals surface area contributed by atoms with Crippen molar-refractivity contribution in [1.29, 1.82) is 0 Å². The molecule has 0 spiro atoms. The SMILES string of the molecule is O=c1[nH]c(=O)c([C@@H]2O[C@@H](CO)[C@H](O)[C@@H]2O)co1. The zero-order valence-electron chi connectivity index (χ0n) is 8.57. The van der Waals surface area contributed by atoms with Crippen LogP contribution in [0.5, 0.6) is 0 Å². The standard InChI is InChI=1S/C9H11NO7/c11-1-4-5(12)6(13)7(17-4)3-2-16-9(15)10-8(3)14/h2,4-7,11-13H,1H2,(H,10,14,15)/t4-,5-,6-,7-/m0/s1. The lowest BCUT2D eigenvalue weighted by atomic mass is 10.0. The number of ether oxygens (including phenoxy) is 1. The first-order valence-electron chi connectivity index (χ1n) is 4.89. The molecule has 0 saturated carbocycles. The fourth-order valence-electron chi connectivity index (χ4n) is 1.72. The van der Waals surface area contributed by atoms with Gasteiger partial charge in [-0.15, -0.1) is 0 Å². The van der Waals surface area contributed by atoms with Crippen LogP contribution in [0.4, 0.5) is 0 Å². The zero-order chi connectivity index (χ0) is 12.6. The van der Waals surface area contributed by atoms with Crippen LogP contribution in [0, 0.1) is 0 Å². The molecule has 0 aliphatic carbocycles. The molecule has 4 atom stereocenters. The van der Waals surface area contributed by atoms with Gasteiger partial charge in [0, 0.05) is 0 Å². The molecule has 8 nitrogen and oxygen atoms in total. The van der Waals surface area contributed by atoms with E-state index in [2.05, 4.69) is 4.42 Å². The summed E-state index contributed by atoms with van der Waals surface area (Å²) >= 11 is 0. The first-order chi connectivity index (χ1) is 8.04. The highest BCUT2D eigenvalue weighted by molar-refractivity contribution is 5.12. The van der Waals surface area contributed by atoms with E-state index in [1.807, 2.05) is 4.98 Å². The van der Waals surface area contributed by atoms with Gasteiger partial charge in [-0.05, 0) is 0 Å². The third-order valence-electron chi connectivity index (χ3n) is 2.62. The molecule has 1 aromatic rings. The quantitative estimate of drug-likeness (QED) is 0.452. The van der Waals surface area contributed by atoms with E-state index in [1.165, 1.54) is 0 Å². The van der Waals surface area contributed by atoms with Crippen LogP contribution < -0.4 is 11.3 Å². The normalized spacial score (nSPS) is 32.9. The van der Waals surface area contributed by atoms with Crippen LogP contribution in [-0.4, -0.2) is 45.2 Å². The van der Waals surface area contributed by atoms with Gasteiger partial charge >= 0.3 is 5.76 Å². The fraction of sp³-hybridized carbons (Fsp3) is 0.556. The van der Waals surface area contributed by atoms with Crippen LogP contribution in [0.2, 0.25) is 0 Å². The van der Waals surface area contributed by atoms with Gasteiger partial charge in [0.15, 0.2) is 0 Å². The first kappa shape index (κ1) is 12.0. The van der Waals surface area contributed by atoms with E-state index in [0.717, 1.165) is 6.26 Å². The number of aromatic nitrogens is 1. The largest absolute Gasteiger partial charge is 0.419 e. The number of aromatic amines is 1. The minimum absolute atomic E-state index is 0.118. The minimum atomic E-state index is -1.37. The minimum Gasteiger partial charge on any atom is -0.417 e. The lowest BCUT2D eigenvalue weighted by Gasteiger charge is -2.12. The van der Waals surface area contributed by atoms with Gasteiger partial charge < -0.3 is 24.5 Å². The maximum Gasteiger partial charge on any atom is 0.419 e. The smallest absolute Gasteiger partial charge is 0.417 e. The number of hydrogen-bond donors (Lipinski definition) is 4. The zero-order valence-corrected chi connectivity index (χ0v) is 8.57. The van der Waals surface area contributed by atoms with Gasteiger partial charge in [0.2, 0.25) is 0 Å². The number of aliphatic hydroxyl groups excluding tert-OH is 3. The summed E-state index contributed by atoms with van der Waals surface area (Å²) in [4.78, 5) is 24.0. The third kappa shape index (κ3) is 2.03. The van der Waals surface area contributed by atoms with Gasteiger partial charge in [-0.25, -0.2) is 4.79 Å². The molecule has 0 bridgehead atoms. The number of nitrogens with one attached hydrogen (secondary N) is 1. The van der Waals surface area contributed by atoms with Gasteiger partial charge in [-0.3, -0.25) is 9.78 Å². The lowest BCUT2D eigenvalue weighted by molar-refractivity contribution is -0.0237. The Bertz CT molecular complexity index is 507. The molecule has 4 N–H and O–H groups in total. The Morgan fingerprint density at radius 3 is 2.53 bits per heavy atom. The summed E-state index contributed by atoms with van der Waals surface area (Å²) in [5.41, 5.74) is -0.886. The predicted molar refractivity (Wildman–Crippen MR) is 52.3 cm³/mol. The molecule has 8 heteroatoms. The fourth-order valence-corrected chi connectivity index (χ4v) is 1.72. The lowest BCUT2D eigenvalue weighted by Crippen LogP contribution is -2.33. The van der Waals surface area contributed by atoms with E-state index in [-0.39, 0.29) is 5.56 Å². The summed E-state index contributed by atoms with van der Waals surface area (Å²) < 4.78 is 9.57. The second kappa shape index (κ2) is 4.41. The van der Waals surface area contributed by atoms with Crippen molar-refractivity contribution in [2.45, 2.75) is 24.4 Å². The second-order valence-electron chi connectivity index (χ2n) is 3.69. The summed E-state index contributed by atoms with van der Waals surface area (Å²) in [7, 11) is 0. The molecule has 2 rings (SSSR count). The second-order valence-corrected chi connectivity index (χ2v) is 3.69. The van der Waals surface area contributed by atoms with Gasteiger partial charge in [-0.2, -0.15) is 0 Å². The average Bonchev–Trinajstić information content (AvgIpc) is 2.57. The van der Waals surface area contributed by atoms with Crippen LogP contribution >= 0.6 is 0 Å². The van der Waals surface area contributed by atoms with Crippen LogP contribution in [0.3, 0.4) is 0 Å². The van der Waals surface area contributed by atoms with Crippen LogP contribution in [0.25, 0.3) is 0 Å². The Balaban J connectivity index is 2.35. The van der Waals surface area contributed by atoms with E-state index in [1.54, 1.807) is 0 Å². The van der Waals surface area contributed by atoms with Crippen molar-refractivity contribution in [3.8, 4) is 0 Å². The maximum atomic E-state index is 11.4.